The van der Waals surface area contributed by atoms with Gasteiger partial charge in [-0.1, -0.05) is 0 Å². The van der Waals surface area contributed by atoms with Gasteiger partial charge < -0.3 is 0 Å². The summed E-state index contributed by atoms with van der Waals surface area (Å²) in [7, 11) is 0. The van der Waals surface area contributed by atoms with E-state index in [1.54, 1.807) is 4.90 Å². The first-order chi connectivity index (χ1) is 10.5. The molecule has 2 fully saturated rings. The zero-order valence-electron chi connectivity index (χ0n) is 12.3. The van der Waals surface area contributed by atoms with E-state index in [4.69, 9.17) is 4.74 Å². The predicted octanol–water partition coefficient (Wildman–Crippen LogP) is 0.0842. The molecule has 2 amide bonds. The van der Waals surface area contributed by atoms with Gasteiger partial charge in [-0.05, 0) is 0 Å². The van der Waals surface area contributed by atoms with Gasteiger partial charge >= 0.3 is 140 Å². The molecule has 0 radical (unpaired) electrons. The minimum atomic E-state index is -0.863. The Hall–Kier alpha value is -1.36. The van der Waals surface area contributed by atoms with Gasteiger partial charge in [0.15, 0.2) is 0 Å². The number of hydrogen-bond acceptors (Lipinski definition) is 5. The van der Waals surface area contributed by atoms with Crippen LogP contribution in [-0.4, -0.2) is 53.5 Å². The van der Waals surface area contributed by atoms with Crippen molar-refractivity contribution in [1.82, 2.24) is 10.2 Å². The zero-order valence-corrected chi connectivity index (χ0v) is 14.6. The summed E-state index contributed by atoms with van der Waals surface area (Å²) in [6.07, 6.45) is 2.34. The van der Waals surface area contributed by atoms with Crippen LogP contribution in [0.15, 0.2) is 16.2 Å². The molecule has 124 valence electrons. The van der Waals surface area contributed by atoms with E-state index in [0.29, 0.717) is 19.4 Å². The molecular weight excluding hydrogens is 469 g/mol. The number of esters is 1. The van der Waals surface area contributed by atoms with E-state index in [1.807, 2.05) is 26.6 Å². The maximum absolute atomic E-state index is 12.6. The molecule has 0 spiro atoms. The Bertz CT molecular complexity index is 524. The van der Waals surface area contributed by atoms with Crippen LogP contribution in [0.2, 0.25) is 0 Å². The van der Waals surface area contributed by atoms with Gasteiger partial charge in [-0.3, -0.25) is 0 Å². The van der Waals surface area contributed by atoms with E-state index in [1.165, 1.54) is 6.08 Å². The second kappa shape index (κ2) is 6.82. The molecule has 0 saturated carbocycles. The van der Waals surface area contributed by atoms with Gasteiger partial charge in [0.2, 0.25) is 0 Å². The molecule has 3 atom stereocenters. The average molecular weight is 488 g/mol. The van der Waals surface area contributed by atoms with Crippen molar-refractivity contribution < 1.29 is 38.8 Å². The Kier molecular flexibility index (Phi) is 5.27. The van der Waals surface area contributed by atoms with Crippen molar-refractivity contribution in [3.63, 3.8) is 0 Å². The number of hydrogen-bond donors (Lipinski definition) is 1. The molecule has 2 aliphatic heterocycles. The number of nitrogens with zero attached hydrogens (tertiary/aromatic N) is 2. The van der Waals surface area contributed by atoms with Crippen LogP contribution >= 0.6 is 0 Å². The van der Waals surface area contributed by atoms with Crippen LogP contribution in [0.3, 0.4) is 0 Å². The number of carbonyl (C=O) groups is 3. The molecule has 0 aliphatic carbocycles. The van der Waals surface area contributed by atoms with Crippen LogP contribution in [-0.2, 0) is 38.8 Å². The molecule has 1 N–H and O–H groups in total. The molecule has 2 rings (SSSR count). The molecular formula is C14H19N3O4Pt. The Morgan fingerprint density at radius 2 is 2.36 bits per heavy atom. The van der Waals surface area contributed by atoms with Gasteiger partial charge in [0.25, 0.3) is 0 Å². The van der Waals surface area contributed by atoms with E-state index in [2.05, 4.69) is 15.4 Å². The maximum atomic E-state index is 12.6. The Balaban J connectivity index is 2.15. The molecule has 8 heteroatoms. The van der Waals surface area contributed by atoms with Crippen molar-refractivity contribution in [3.05, 3.63) is 12.7 Å². The van der Waals surface area contributed by atoms with Crippen LogP contribution in [0.4, 0.5) is 0 Å². The third kappa shape index (κ3) is 2.91. The quantitative estimate of drug-likeness (QED) is 0.424. The molecule has 0 unspecified atom stereocenters. The summed E-state index contributed by atoms with van der Waals surface area (Å²) in [5.41, 5.74) is -0.835. The fourth-order valence-corrected chi connectivity index (χ4v) is 3.47. The number of carbonyl (C=O) groups excluding carboxylic acids is 3. The van der Waals surface area contributed by atoms with Crippen LogP contribution < -0.4 is 5.32 Å². The van der Waals surface area contributed by atoms with Crippen LogP contribution in [0.1, 0.15) is 26.2 Å². The van der Waals surface area contributed by atoms with E-state index in [0.717, 1.165) is 0 Å². The molecule has 0 aromatic heterocycles. The molecule has 0 aromatic rings. The second-order valence-corrected chi connectivity index (χ2v) is 6.06. The fourth-order valence-electron chi connectivity index (χ4n) is 3.07. The van der Waals surface area contributed by atoms with E-state index in [9.17, 15) is 14.4 Å². The van der Waals surface area contributed by atoms with Crippen molar-refractivity contribution in [1.29, 1.82) is 0 Å². The third-order valence-electron chi connectivity index (χ3n) is 4.21. The summed E-state index contributed by atoms with van der Waals surface area (Å²) in [4.78, 5) is 38.4. The molecule has 0 aromatic carbocycles. The van der Waals surface area contributed by atoms with Gasteiger partial charge in [-0.25, -0.2) is 0 Å². The third-order valence-corrected chi connectivity index (χ3v) is 5.04. The van der Waals surface area contributed by atoms with Gasteiger partial charge in [-0.15, -0.1) is 0 Å². The second-order valence-electron chi connectivity index (χ2n) is 5.48. The number of piperazine rings is 1. The summed E-state index contributed by atoms with van der Waals surface area (Å²) >= 11 is 1.90. The molecule has 0 bridgehead atoms. The Morgan fingerprint density at radius 3 is 2.95 bits per heavy atom. The topological polar surface area (TPSA) is 88.1 Å². The number of nitrogens with one attached hydrogen (secondary N) is 1. The van der Waals surface area contributed by atoms with Gasteiger partial charge in [0.1, 0.15) is 0 Å². The van der Waals surface area contributed by atoms with Crippen molar-refractivity contribution in [2.75, 3.05) is 13.2 Å². The SMILES string of the molecule is C=CCOC(=O)C[C@@H]1NC(=O)[C@]2(CC)C[C@H]([N]=[Pt])CN2C1=O. The van der Waals surface area contributed by atoms with Gasteiger partial charge in [0.05, 0.1) is 0 Å². The summed E-state index contributed by atoms with van der Waals surface area (Å²) in [5.74, 6) is -0.976. The van der Waals surface area contributed by atoms with Crippen molar-refractivity contribution >= 4 is 17.8 Å². The molecule has 2 saturated heterocycles. The first kappa shape index (κ1) is 17.0. The summed E-state index contributed by atoms with van der Waals surface area (Å²) < 4.78 is 9.08. The van der Waals surface area contributed by atoms with Crippen molar-refractivity contribution in [2.24, 2.45) is 3.50 Å². The first-order valence-corrected chi connectivity index (χ1v) is 8.17. The van der Waals surface area contributed by atoms with Crippen LogP contribution in [0.5, 0.6) is 0 Å². The first-order valence-electron chi connectivity index (χ1n) is 7.15. The van der Waals surface area contributed by atoms with Crippen LogP contribution in [0, 0.1) is 0 Å². The molecule has 22 heavy (non-hydrogen) atoms. The zero-order chi connectivity index (χ0) is 16.3. The monoisotopic (exact) mass is 488 g/mol. The van der Waals surface area contributed by atoms with Gasteiger partial charge in [-0.2, -0.15) is 0 Å². The fraction of sp³-hybridized carbons (Fsp3) is 0.643. The number of fused-ring (bicyclic) bond motifs is 1. The van der Waals surface area contributed by atoms with Crippen molar-refractivity contribution in [3.8, 4) is 0 Å². The van der Waals surface area contributed by atoms with E-state index >= 15 is 0 Å². The predicted molar refractivity (Wildman–Crippen MR) is 73.3 cm³/mol. The normalized spacial score (nSPS) is 30.6. The Morgan fingerprint density at radius 1 is 1.64 bits per heavy atom. The van der Waals surface area contributed by atoms with Crippen molar-refractivity contribution in [2.45, 2.75) is 43.8 Å². The summed E-state index contributed by atoms with van der Waals surface area (Å²) in [6, 6.07) is -0.916. The summed E-state index contributed by atoms with van der Waals surface area (Å²) in [6.45, 7) is 5.85. The van der Waals surface area contributed by atoms with E-state index < -0.39 is 17.6 Å². The average Bonchev–Trinajstić information content (AvgIpc) is 2.91. The minimum absolute atomic E-state index is 0.0530. The van der Waals surface area contributed by atoms with Crippen LogP contribution in [0.25, 0.3) is 0 Å². The number of amides is 2. The number of rotatable bonds is 6. The molecule has 2 aliphatic rings. The van der Waals surface area contributed by atoms with Gasteiger partial charge in [0, 0.05) is 0 Å². The summed E-state index contributed by atoms with van der Waals surface area (Å²) in [5, 5.41) is 2.68. The van der Waals surface area contributed by atoms with E-state index in [-0.39, 0.29) is 30.9 Å². The number of ether oxygens (including phenoxy) is 1. The standard InChI is InChI=1S/C14H19N3O4.Pt/c1-3-5-21-11(18)6-10-12(19)17-8-9(15)7-14(17,4-2)13(20)16-10;/h3,9-10H,1,4-8H2,2H3,(H,16,20);/t9-,10-,14-;/m0./s1. The molecule has 2 heterocycles. The molecule has 7 nitrogen and oxygen atoms in total. The Labute approximate surface area is 140 Å².